The van der Waals surface area contributed by atoms with Crippen molar-refractivity contribution < 1.29 is 9.59 Å². The third-order valence-corrected chi connectivity index (χ3v) is 4.00. The average molecular weight is 289 g/mol. The van der Waals surface area contributed by atoms with Gasteiger partial charge >= 0.3 is 0 Å². The van der Waals surface area contributed by atoms with Gasteiger partial charge in [-0.3, -0.25) is 9.59 Å². The number of nitrogens with two attached hydrogens (primary N) is 1. The van der Waals surface area contributed by atoms with Crippen LogP contribution in [0, 0.1) is 5.92 Å². The predicted octanol–water partition coefficient (Wildman–Crippen LogP) is 1.89. The van der Waals surface area contributed by atoms with E-state index in [0.29, 0.717) is 5.56 Å². The lowest BCUT2D eigenvalue weighted by Gasteiger charge is -2.27. The summed E-state index contributed by atoms with van der Waals surface area (Å²) in [6.45, 7) is 2.77. The number of anilines is 1. The first-order chi connectivity index (χ1) is 10.1. The second kappa shape index (κ2) is 7.11. The van der Waals surface area contributed by atoms with E-state index in [-0.39, 0.29) is 23.8 Å². The summed E-state index contributed by atoms with van der Waals surface area (Å²) in [5.41, 5.74) is 6.84. The van der Waals surface area contributed by atoms with E-state index in [1.807, 2.05) is 31.2 Å². The quantitative estimate of drug-likeness (QED) is 0.774. The number of nitrogens with one attached hydrogen (secondary N) is 2. The van der Waals surface area contributed by atoms with Crippen molar-refractivity contribution in [2.45, 2.75) is 38.6 Å². The third-order valence-electron chi connectivity index (χ3n) is 4.00. The Hall–Kier alpha value is -2.04. The van der Waals surface area contributed by atoms with E-state index >= 15 is 0 Å². The summed E-state index contributed by atoms with van der Waals surface area (Å²) in [4.78, 5) is 23.5. The SMILES string of the molecule is CCNc1ccccc1C(=O)NC1CCC(C(N)=O)CC1. The molecule has 1 fully saturated rings. The van der Waals surface area contributed by atoms with Crippen LogP contribution in [-0.2, 0) is 4.79 Å². The molecule has 1 aliphatic carbocycles. The molecule has 2 amide bonds. The Morgan fingerprint density at radius 3 is 2.48 bits per heavy atom. The molecule has 4 N–H and O–H groups in total. The molecule has 0 bridgehead atoms. The molecule has 1 saturated carbocycles. The molecule has 0 spiro atoms. The van der Waals surface area contributed by atoms with Gasteiger partial charge in [0.1, 0.15) is 0 Å². The molecule has 0 heterocycles. The Morgan fingerprint density at radius 1 is 1.19 bits per heavy atom. The van der Waals surface area contributed by atoms with Gasteiger partial charge in [-0.1, -0.05) is 12.1 Å². The molecule has 0 radical (unpaired) electrons. The van der Waals surface area contributed by atoms with Crippen molar-refractivity contribution in [1.29, 1.82) is 0 Å². The number of rotatable bonds is 5. The Balaban J connectivity index is 1.95. The van der Waals surface area contributed by atoms with Crippen molar-refractivity contribution in [3.63, 3.8) is 0 Å². The molecule has 5 nitrogen and oxygen atoms in total. The van der Waals surface area contributed by atoms with E-state index < -0.39 is 0 Å². The lowest BCUT2D eigenvalue weighted by atomic mass is 9.85. The van der Waals surface area contributed by atoms with E-state index in [0.717, 1.165) is 37.9 Å². The van der Waals surface area contributed by atoms with Crippen LogP contribution in [0.1, 0.15) is 43.0 Å². The summed E-state index contributed by atoms with van der Waals surface area (Å²) in [6.07, 6.45) is 3.13. The Kier molecular flexibility index (Phi) is 5.20. The molecule has 0 aliphatic heterocycles. The van der Waals surface area contributed by atoms with Gasteiger partial charge in [-0.2, -0.15) is 0 Å². The van der Waals surface area contributed by atoms with Crippen LogP contribution in [0.15, 0.2) is 24.3 Å². The maximum absolute atomic E-state index is 12.4. The minimum absolute atomic E-state index is 0.0350. The molecular weight excluding hydrogens is 266 g/mol. The second-order valence-electron chi connectivity index (χ2n) is 5.50. The second-order valence-corrected chi connectivity index (χ2v) is 5.50. The third kappa shape index (κ3) is 3.97. The minimum Gasteiger partial charge on any atom is -0.385 e. The van der Waals surface area contributed by atoms with Gasteiger partial charge in [0.2, 0.25) is 5.91 Å². The molecule has 2 rings (SSSR count). The molecule has 0 aromatic heterocycles. The number of hydrogen-bond donors (Lipinski definition) is 3. The van der Waals surface area contributed by atoms with Crippen LogP contribution in [0.5, 0.6) is 0 Å². The van der Waals surface area contributed by atoms with Gasteiger partial charge in [0.15, 0.2) is 0 Å². The summed E-state index contributed by atoms with van der Waals surface area (Å²) in [6, 6.07) is 7.62. The van der Waals surface area contributed by atoms with Crippen LogP contribution in [0.4, 0.5) is 5.69 Å². The van der Waals surface area contributed by atoms with Crippen molar-refractivity contribution in [2.75, 3.05) is 11.9 Å². The van der Waals surface area contributed by atoms with Gasteiger partial charge in [0.25, 0.3) is 5.91 Å². The number of amides is 2. The van der Waals surface area contributed by atoms with Crippen LogP contribution < -0.4 is 16.4 Å². The lowest BCUT2D eigenvalue weighted by molar-refractivity contribution is -0.122. The molecule has 0 unspecified atom stereocenters. The number of primary amides is 1. The molecule has 21 heavy (non-hydrogen) atoms. The van der Waals surface area contributed by atoms with Crippen LogP contribution in [-0.4, -0.2) is 24.4 Å². The molecule has 114 valence electrons. The van der Waals surface area contributed by atoms with E-state index in [1.54, 1.807) is 0 Å². The summed E-state index contributed by atoms with van der Waals surface area (Å²) >= 11 is 0. The maximum Gasteiger partial charge on any atom is 0.253 e. The van der Waals surface area contributed by atoms with Crippen LogP contribution in [0.2, 0.25) is 0 Å². The first kappa shape index (κ1) is 15.4. The lowest BCUT2D eigenvalue weighted by Crippen LogP contribution is -2.40. The van der Waals surface area contributed by atoms with Crippen LogP contribution in [0.25, 0.3) is 0 Å². The molecular formula is C16H23N3O2. The largest absolute Gasteiger partial charge is 0.385 e. The summed E-state index contributed by atoms with van der Waals surface area (Å²) in [5.74, 6) is -0.321. The number of carbonyl (C=O) groups is 2. The zero-order valence-corrected chi connectivity index (χ0v) is 12.4. The maximum atomic E-state index is 12.4. The standard InChI is InChI=1S/C16H23N3O2/c1-2-18-14-6-4-3-5-13(14)16(21)19-12-9-7-11(8-10-12)15(17)20/h3-6,11-12,18H,2,7-10H2,1H3,(H2,17,20)(H,19,21). The van der Waals surface area contributed by atoms with Crippen molar-refractivity contribution in [1.82, 2.24) is 5.32 Å². The van der Waals surface area contributed by atoms with Gasteiger partial charge in [0, 0.05) is 24.2 Å². The van der Waals surface area contributed by atoms with Crippen molar-refractivity contribution in [3.8, 4) is 0 Å². The predicted molar refractivity (Wildman–Crippen MR) is 83.0 cm³/mol. The fourth-order valence-corrected chi connectivity index (χ4v) is 2.81. The van der Waals surface area contributed by atoms with Crippen molar-refractivity contribution in [2.24, 2.45) is 11.7 Å². The van der Waals surface area contributed by atoms with Gasteiger partial charge < -0.3 is 16.4 Å². The monoisotopic (exact) mass is 289 g/mol. The number of para-hydroxylation sites is 1. The van der Waals surface area contributed by atoms with Crippen LogP contribution >= 0.6 is 0 Å². The van der Waals surface area contributed by atoms with Gasteiger partial charge in [-0.05, 0) is 44.7 Å². The highest BCUT2D eigenvalue weighted by atomic mass is 16.2. The van der Waals surface area contributed by atoms with E-state index in [4.69, 9.17) is 5.73 Å². The van der Waals surface area contributed by atoms with Gasteiger partial charge in [-0.25, -0.2) is 0 Å². The fraction of sp³-hybridized carbons (Fsp3) is 0.500. The zero-order valence-electron chi connectivity index (χ0n) is 12.4. The minimum atomic E-state index is -0.225. The van der Waals surface area contributed by atoms with E-state index in [2.05, 4.69) is 10.6 Å². The number of carbonyl (C=O) groups excluding carboxylic acids is 2. The first-order valence-electron chi connectivity index (χ1n) is 7.55. The topological polar surface area (TPSA) is 84.2 Å². The molecule has 0 saturated heterocycles. The summed E-state index contributed by atoms with van der Waals surface area (Å²) in [7, 11) is 0. The Bertz CT molecular complexity index is 508. The molecule has 5 heteroatoms. The van der Waals surface area contributed by atoms with E-state index in [1.165, 1.54) is 0 Å². The first-order valence-corrected chi connectivity index (χ1v) is 7.55. The molecule has 1 aromatic rings. The smallest absolute Gasteiger partial charge is 0.253 e. The summed E-state index contributed by atoms with van der Waals surface area (Å²) < 4.78 is 0. The van der Waals surface area contributed by atoms with Gasteiger partial charge in [-0.15, -0.1) is 0 Å². The number of benzene rings is 1. The number of hydrogen-bond acceptors (Lipinski definition) is 3. The van der Waals surface area contributed by atoms with E-state index in [9.17, 15) is 9.59 Å². The summed E-state index contributed by atoms with van der Waals surface area (Å²) in [5, 5.41) is 6.26. The normalized spacial score (nSPS) is 21.6. The zero-order chi connectivity index (χ0) is 15.2. The highest BCUT2D eigenvalue weighted by Crippen LogP contribution is 2.24. The van der Waals surface area contributed by atoms with Crippen molar-refractivity contribution in [3.05, 3.63) is 29.8 Å². The molecule has 1 aromatic carbocycles. The highest BCUT2D eigenvalue weighted by Gasteiger charge is 2.26. The van der Waals surface area contributed by atoms with Crippen LogP contribution in [0.3, 0.4) is 0 Å². The van der Waals surface area contributed by atoms with Gasteiger partial charge in [0.05, 0.1) is 5.56 Å². The Morgan fingerprint density at radius 2 is 1.86 bits per heavy atom. The van der Waals surface area contributed by atoms with Crippen molar-refractivity contribution >= 4 is 17.5 Å². The molecule has 0 atom stereocenters. The molecule has 1 aliphatic rings. The average Bonchev–Trinajstić information content (AvgIpc) is 2.48. The highest BCUT2D eigenvalue weighted by molar-refractivity contribution is 5.99. The fourth-order valence-electron chi connectivity index (χ4n) is 2.81. The Labute approximate surface area is 125 Å².